The summed E-state index contributed by atoms with van der Waals surface area (Å²) < 4.78 is 39.0. The smallest absolute Gasteiger partial charge is 0.265 e. The second-order valence-corrected chi connectivity index (χ2v) is 8.10. The fourth-order valence-corrected chi connectivity index (χ4v) is 4.11. The lowest BCUT2D eigenvalue weighted by molar-refractivity contribution is 0.289. The summed E-state index contributed by atoms with van der Waals surface area (Å²) in [5, 5.41) is 0.270. The summed E-state index contributed by atoms with van der Waals surface area (Å²) in [5.41, 5.74) is 6.83. The highest BCUT2D eigenvalue weighted by atomic mass is 35.5. The summed E-state index contributed by atoms with van der Waals surface area (Å²) in [4.78, 5) is 8.65. The molecule has 0 aliphatic carbocycles. The van der Waals surface area contributed by atoms with E-state index in [9.17, 15) is 8.42 Å². The molecule has 0 radical (unpaired) electrons. The van der Waals surface area contributed by atoms with E-state index in [0.717, 1.165) is 0 Å². The molecule has 0 amide bonds. The van der Waals surface area contributed by atoms with E-state index >= 15 is 0 Å². The Bertz CT molecular complexity index is 1050. The summed E-state index contributed by atoms with van der Waals surface area (Å²) in [5.74, 6) is 0.523. The van der Waals surface area contributed by atoms with Gasteiger partial charge in [0.2, 0.25) is 5.88 Å². The Balaban J connectivity index is 2.01. The average molecular weight is 423 g/mol. The molecule has 1 aliphatic heterocycles. The maximum absolute atomic E-state index is 12.9. The van der Waals surface area contributed by atoms with Gasteiger partial charge in [0.15, 0.2) is 0 Å². The van der Waals surface area contributed by atoms with Crippen molar-refractivity contribution in [3.63, 3.8) is 0 Å². The van der Waals surface area contributed by atoms with Gasteiger partial charge in [0.05, 0.1) is 36.3 Å². The highest BCUT2D eigenvalue weighted by molar-refractivity contribution is 7.92. The van der Waals surface area contributed by atoms with E-state index in [1.54, 1.807) is 18.2 Å². The monoisotopic (exact) mass is 422 g/mol. The number of sulfonamides is 1. The van der Waals surface area contributed by atoms with Crippen LogP contribution in [0, 0.1) is 0 Å². The molecule has 3 rings (SSSR count). The van der Waals surface area contributed by atoms with Gasteiger partial charge >= 0.3 is 0 Å². The Hall–Kier alpha value is -2.78. The Kier molecular flexibility index (Phi) is 5.76. The zero-order valence-corrected chi connectivity index (χ0v) is 16.8. The molecule has 0 unspecified atom stereocenters. The van der Waals surface area contributed by atoms with Crippen molar-refractivity contribution >= 4 is 33.0 Å². The summed E-state index contributed by atoms with van der Waals surface area (Å²) in [6.45, 7) is 2.25. The average Bonchev–Trinajstić information content (AvgIpc) is 2.81. The number of hydrogen-bond donors (Lipinski definition) is 2. The van der Waals surface area contributed by atoms with Crippen molar-refractivity contribution in [3.8, 4) is 11.6 Å². The Labute approximate surface area is 168 Å². The van der Waals surface area contributed by atoms with Crippen LogP contribution in [-0.4, -0.2) is 38.9 Å². The first-order valence-corrected chi connectivity index (χ1v) is 10.2. The first-order chi connectivity index (χ1) is 13.3. The van der Waals surface area contributed by atoms with Gasteiger partial charge in [0, 0.05) is 5.02 Å². The number of ether oxygens (including phenoxy) is 2. The van der Waals surface area contributed by atoms with Crippen molar-refractivity contribution < 1.29 is 17.9 Å². The third kappa shape index (κ3) is 4.20. The largest absolute Gasteiger partial charge is 0.495 e. The molecule has 1 aliphatic rings. The molecule has 8 nitrogen and oxygen atoms in total. The van der Waals surface area contributed by atoms with Crippen molar-refractivity contribution in [2.24, 2.45) is 10.7 Å². The van der Waals surface area contributed by atoms with Crippen molar-refractivity contribution in [1.29, 1.82) is 0 Å². The number of nitrogens with zero attached hydrogens (tertiary/aromatic N) is 2. The van der Waals surface area contributed by atoms with Gasteiger partial charge in [-0.3, -0.25) is 9.71 Å². The van der Waals surface area contributed by atoms with Crippen LogP contribution in [0.2, 0.25) is 5.02 Å². The number of benzene rings is 1. The standard InChI is InChI=1S/C18H19ClN4O4S/c1-11-10-27-18-14(15(22-11)5-6-20)8-13(9-21-18)23-28(24,25)17-7-12(19)3-4-16(17)26-2/h3-9,11,23H,10,20H2,1-2H3/t11-/m1/s1. The van der Waals surface area contributed by atoms with E-state index in [0.29, 0.717) is 23.8 Å². The van der Waals surface area contributed by atoms with Gasteiger partial charge in [0.25, 0.3) is 10.0 Å². The van der Waals surface area contributed by atoms with E-state index < -0.39 is 10.0 Å². The second kappa shape index (κ2) is 8.07. The maximum Gasteiger partial charge on any atom is 0.265 e. The van der Waals surface area contributed by atoms with Gasteiger partial charge < -0.3 is 15.2 Å². The quantitative estimate of drug-likeness (QED) is 0.765. The number of nitrogens with one attached hydrogen (secondary N) is 1. The van der Waals surface area contributed by atoms with Crippen molar-refractivity contribution in [1.82, 2.24) is 4.98 Å². The van der Waals surface area contributed by atoms with Crippen LogP contribution in [0.25, 0.3) is 0 Å². The van der Waals surface area contributed by atoms with E-state index in [4.69, 9.17) is 26.8 Å². The first kappa shape index (κ1) is 20.0. The number of methoxy groups -OCH3 is 1. The molecule has 0 bridgehead atoms. The predicted molar refractivity (Wildman–Crippen MR) is 108 cm³/mol. The van der Waals surface area contributed by atoms with Gasteiger partial charge in [-0.15, -0.1) is 0 Å². The van der Waals surface area contributed by atoms with Gasteiger partial charge in [0.1, 0.15) is 17.3 Å². The predicted octanol–water partition coefficient (Wildman–Crippen LogP) is 2.59. The molecule has 0 spiro atoms. The fourth-order valence-electron chi connectivity index (χ4n) is 2.64. The number of nitrogens with two attached hydrogens (primary N) is 1. The summed E-state index contributed by atoms with van der Waals surface area (Å²) in [6.07, 6.45) is 4.34. The van der Waals surface area contributed by atoms with E-state index in [1.165, 1.54) is 31.6 Å². The van der Waals surface area contributed by atoms with Crippen LogP contribution in [-0.2, 0) is 10.0 Å². The van der Waals surface area contributed by atoms with Gasteiger partial charge in [-0.05, 0) is 43.5 Å². The molecule has 28 heavy (non-hydrogen) atoms. The van der Waals surface area contributed by atoms with Crippen molar-refractivity contribution in [2.75, 3.05) is 18.4 Å². The van der Waals surface area contributed by atoms with Crippen molar-refractivity contribution in [3.05, 3.63) is 53.3 Å². The minimum Gasteiger partial charge on any atom is -0.495 e. The summed E-state index contributed by atoms with van der Waals surface area (Å²) in [6, 6.07) is 5.83. The minimum atomic E-state index is -3.98. The number of hydrogen-bond acceptors (Lipinski definition) is 7. The highest BCUT2D eigenvalue weighted by Gasteiger charge is 2.23. The normalized spacial score (nSPS) is 16.7. The third-order valence-electron chi connectivity index (χ3n) is 3.87. The fraction of sp³-hybridized carbons (Fsp3) is 0.222. The lowest BCUT2D eigenvalue weighted by Gasteiger charge is -2.13. The van der Waals surface area contributed by atoms with Crippen LogP contribution in [0.4, 0.5) is 5.69 Å². The first-order valence-electron chi connectivity index (χ1n) is 8.29. The van der Waals surface area contributed by atoms with Crippen LogP contribution in [0.3, 0.4) is 0 Å². The van der Waals surface area contributed by atoms with Crippen LogP contribution in [0.5, 0.6) is 11.6 Å². The molecule has 1 aromatic heterocycles. The van der Waals surface area contributed by atoms with Crippen molar-refractivity contribution in [2.45, 2.75) is 17.9 Å². The molecule has 148 valence electrons. The molecular formula is C18H19ClN4O4S. The molecular weight excluding hydrogens is 404 g/mol. The van der Waals surface area contributed by atoms with E-state index in [1.807, 2.05) is 6.92 Å². The molecule has 0 saturated carbocycles. The summed E-state index contributed by atoms with van der Waals surface area (Å²) >= 11 is 5.95. The molecule has 0 saturated heterocycles. The third-order valence-corrected chi connectivity index (χ3v) is 5.51. The Morgan fingerprint density at radius 3 is 2.89 bits per heavy atom. The van der Waals surface area contributed by atoms with Crippen LogP contribution in [0.1, 0.15) is 12.5 Å². The number of allylic oxidation sites excluding steroid dienone is 1. The topological polar surface area (TPSA) is 116 Å². The van der Waals surface area contributed by atoms with E-state index in [2.05, 4.69) is 14.7 Å². The van der Waals surface area contributed by atoms with E-state index in [-0.39, 0.29) is 27.4 Å². The summed E-state index contributed by atoms with van der Waals surface area (Å²) in [7, 11) is -2.60. The number of anilines is 1. The molecule has 3 N–H and O–H groups in total. The Morgan fingerprint density at radius 2 is 2.18 bits per heavy atom. The lowest BCUT2D eigenvalue weighted by Crippen LogP contribution is -2.15. The number of fused-ring (bicyclic) bond motifs is 1. The maximum atomic E-state index is 12.9. The second-order valence-electron chi connectivity index (χ2n) is 6.01. The Morgan fingerprint density at radius 1 is 1.39 bits per heavy atom. The molecule has 2 heterocycles. The molecule has 2 aromatic rings. The van der Waals surface area contributed by atoms with Crippen LogP contribution < -0.4 is 19.9 Å². The molecule has 0 fully saturated rings. The molecule has 10 heteroatoms. The van der Waals surface area contributed by atoms with Gasteiger partial charge in [-0.1, -0.05) is 11.6 Å². The molecule has 1 atom stereocenters. The van der Waals surface area contributed by atoms with Gasteiger partial charge in [-0.2, -0.15) is 0 Å². The zero-order valence-electron chi connectivity index (χ0n) is 15.2. The number of halogens is 1. The number of aromatic nitrogens is 1. The van der Waals surface area contributed by atoms with Gasteiger partial charge in [-0.25, -0.2) is 13.4 Å². The zero-order chi connectivity index (χ0) is 20.3. The SMILES string of the molecule is COc1ccc(Cl)cc1S(=O)(=O)Nc1cnc2c(c1)C(C=CN)=N[C@H](C)CO2. The molecule has 1 aromatic carbocycles. The minimum absolute atomic E-state index is 0.0851. The van der Waals surface area contributed by atoms with Crippen LogP contribution >= 0.6 is 11.6 Å². The lowest BCUT2D eigenvalue weighted by atomic mass is 10.1. The number of pyridine rings is 1. The number of aliphatic imine (C=N–C) groups is 1. The highest BCUT2D eigenvalue weighted by Crippen LogP contribution is 2.30. The van der Waals surface area contributed by atoms with Crippen LogP contribution in [0.15, 0.2) is 52.6 Å². The number of rotatable bonds is 5.